The Balaban J connectivity index is 2.07. The second-order valence-corrected chi connectivity index (χ2v) is 9.06. The van der Waals surface area contributed by atoms with Gasteiger partial charge in [0.25, 0.3) is 0 Å². The van der Waals surface area contributed by atoms with Gasteiger partial charge in [-0.2, -0.15) is 0 Å². The normalized spacial score (nSPS) is 16.8. The van der Waals surface area contributed by atoms with Crippen molar-refractivity contribution in [2.24, 2.45) is 0 Å². The molecule has 3 amide bonds. The first-order valence-electron chi connectivity index (χ1n) is 11.2. The van der Waals surface area contributed by atoms with Crippen molar-refractivity contribution < 1.29 is 23.9 Å². The molecule has 0 radical (unpaired) electrons. The van der Waals surface area contributed by atoms with Crippen LogP contribution in [0.2, 0.25) is 0 Å². The van der Waals surface area contributed by atoms with Crippen molar-refractivity contribution in [1.29, 1.82) is 0 Å². The first-order chi connectivity index (χ1) is 16.5. The predicted octanol–water partition coefficient (Wildman–Crippen LogP) is 4.46. The van der Waals surface area contributed by atoms with Gasteiger partial charge in [-0.25, -0.2) is 9.59 Å². The van der Waals surface area contributed by atoms with Gasteiger partial charge in [0.2, 0.25) is 11.5 Å². The lowest BCUT2D eigenvalue weighted by Gasteiger charge is -2.23. The van der Waals surface area contributed by atoms with Crippen molar-refractivity contribution in [2.45, 2.75) is 51.7 Å². The lowest BCUT2D eigenvalue weighted by atomic mass is 10.0. The Bertz CT molecular complexity index is 1200. The number of carbonyl (C=O) groups excluding carboxylic acids is 3. The highest BCUT2D eigenvalue weighted by atomic mass is 16.6. The average Bonchev–Trinajstić information content (AvgIpc) is 2.76. The molecule has 2 bridgehead atoms. The number of benzene rings is 1. The van der Waals surface area contributed by atoms with E-state index in [9.17, 15) is 19.2 Å². The summed E-state index contributed by atoms with van der Waals surface area (Å²) >= 11 is 0. The fraction of sp³-hybridized carbons (Fsp3) is 0.360. The summed E-state index contributed by atoms with van der Waals surface area (Å²) in [4.78, 5) is 52.1. The molecule has 2 aromatic rings. The maximum absolute atomic E-state index is 12.6. The number of methoxy groups -OCH3 is 1. The van der Waals surface area contributed by atoms with Crippen LogP contribution in [0, 0.1) is 0 Å². The van der Waals surface area contributed by atoms with Crippen LogP contribution in [-0.4, -0.2) is 35.8 Å². The van der Waals surface area contributed by atoms with E-state index in [0.29, 0.717) is 41.0 Å². The van der Waals surface area contributed by atoms with Gasteiger partial charge in [-0.05, 0) is 57.4 Å². The molecule has 3 rings (SSSR count). The SMILES string of the molecule is COC(=O)Nc1ccc2c(c1)NC(=O)CC/C=C/C[C@H](NC(=O)OC(C)(C)C)c1cc-2cc(=O)[nH]1. The number of aromatic amines is 1. The minimum absolute atomic E-state index is 0.223. The van der Waals surface area contributed by atoms with Crippen LogP contribution in [0.1, 0.15) is 51.8 Å². The van der Waals surface area contributed by atoms with Gasteiger partial charge in [0, 0.05) is 29.4 Å². The summed E-state index contributed by atoms with van der Waals surface area (Å²) in [5, 5.41) is 8.25. The van der Waals surface area contributed by atoms with Gasteiger partial charge in [-0.15, -0.1) is 0 Å². The van der Waals surface area contributed by atoms with Gasteiger partial charge in [-0.1, -0.05) is 18.2 Å². The molecular weight excluding hydrogens is 452 g/mol. The fourth-order valence-electron chi connectivity index (χ4n) is 3.54. The number of H-pyrrole nitrogens is 1. The number of hydrogen-bond donors (Lipinski definition) is 4. The van der Waals surface area contributed by atoms with E-state index in [2.05, 4.69) is 25.7 Å². The van der Waals surface area contributed by atoms with Crippen LogP contribution < -0.4 is 21.5 Å². The molecule has 1 aliphatic rings. The topological polar surface area (TPSA) is 139 Å². The molecule has 1 aliphatic heterocycles. The molecule has 35 heavy (non-hydrogen) atoms. The molecule has 4 N–H and O–H groups in total. The van der Waals surface area contributed by atoms with E-state index in [0.717, 1.165) is 0 Å². The minimum Gasteiger partial charge on any atom is -0.453 e. The van der Waals surface area contributed by atoms with E-state index in [1.807, 2.05) is 12.2 Å². The van der Waals surface area contributed by atoms with Crippen LogP contribution in [0.5, 0.6) is 0 Å². The minimum atomic E-state index is -0.681. The zero-order valence-electron chi connectivity index (χ0n) is 20.2. The maximum Gasteiger partial charge on any atom is 0.411 e. The van der Waals surface area contributed by atoms with E-state index in [1.54, 1.807) is 45.0 Å². The van der Waals surface area contributed by atoms with Crippen LogP contribution in [0.15, 0.2) is 47.3 Å². The van der Waals surface area contributed by atoms with Crippen LogP contribution in [0.25, 0.3) is 11.1 Å². The molecule has 0 saturated heterocycles. The Morgan fingerprint density at radius 2 is 1.83 bits per heavy atom. The molecule has 2 heterocycles. The number of alkyl carbamates (subject to hydrolysis) is 1. The second-order valence-electron chi connectivity index (χ2n) is 9.06. The number of allylic oxidation sites excluding steroid dienone is 1. The van der Waals surface area contributed by atoms with Gasteiger partial charge in [0.15, 0.2) is 0 Å². The van der Waals surface area contributed by atoms with Gasteiger partial charge in [0.1, 0.15) is 5.60 Å². The van der Waals surface area contributed by atoms with Crippen LogP contribution in [-0.2, 0) is 14.3 Å². The fourth-order valence-corrected chi connectivity index (χ4v) is 3.54. The molecule has 10 heteroatoms. The first-order valence-corrected chi connectivity index (χ1v) is 11.2. The third-order valence-electron chi connectivity index (χ3n) is 5.04. The van der Waals surface area contributed by atoms with Crippen LogP contribution in [0.4, 0.5) is 21.0 Å². The van der Waals surface area contributed by atoms with Crippen LogP contribution in [0.3, 0.4) is 0 Å². The van der Waals surface area contributed by atoms with E-state index >= 15 is 0 Å². The van der Waals surface area contributed by atoms with Crippen LogP contribution >= 0.6 is 0 Å². The molecule has 1 aromatic carbocycles. The Morgan fingerprint density at radius 3 is 2.54 bits per heavy atom. The quantitative estimate of drug-likeness (QED) is 0.466. The lowest BCUT2D eigenvalue weighted by molar-refractivity contribution is -0.116. The molecule has 0 saturated carbocycles. The summed E-state index contributed by atoms with van der Waals surface area (Å²) in [5.41, 5.74) is 1.36. The molecule has 0 aliphatic carbocycles. The number of hydrogen-bond acceptors (Lipinski definition) is 6. The van der Waals surface area contributed by atoms with Crippen molar-refractivity contribution in [3.05, 3.63) is 58.5 Å². The first kappa shape index (κ1) is 25.5. The summed E-state index contributed by atoms with van der Waals surface area (Å²) in [6.45, 7) is 5.30. The lowest BCUT2D eigenvalue weighted by Crippen LogP contribution is -2.35. The number of nitrogens with one attached hydrogen (secondary N) is 4. The Hall–Kier alpha value is -4.08. The predicted molar refractivity (Wildman–Crippen MR) is 132 cm³/mol. The van der Waals surface area contributed by atoms with Gasteiger partial charge in [-0.3, -0.25) is 14.9 Å². The monoisotopic (exact) mass is 482 g/mol. The molecule has 0 fully saturated rings. The molecule has 0 unspecified atom stereocenters. The van der Waals surface area contributed by atoms with E-state index in [1.165, 1.54) is 13.2 Å². The number of rotatable bonds is 2. The Morgan fingerprint density at radius 1 is 1.06 bits per heavy atom. The van der Waals surface area contributed by atoms with Crippen molar-refractivity contribution in [1.82, 2.24) is 10.3 Å². The molecule has 0 spiro atoms. The summed E-state index contributed by atoms with van der Waals surface area (Å²) in [6, 6.07) is 7.50. The van der Waals surface area contributed by atoms with Gasteiger partial charge in [0.05, 0.1) is 18.8 Å². The van der Waals surface area contributed by atoms with E-state index in [-0.39, 0.29) is 17.9 Å². The molecule has 1 aromatic heterocycles. The van der Waals surface area contributed by atoms with Gasteiger partial charge < -0.3 is 25.1 Å². The molecular formula is C25H30N4O6. The van der Waals surface area contributed by atoms with Crippen molar-refractivity contribution in [3.63, 3.8) is 0 Å². The zero-order valence-corrected chi connectivity index (χ0v) is 20.2. The van der Waals surface area contributed by atoms with Crippen molar-refractivity contribution in [3.8, 4) is 11.1 Å². The molecule has 10 nitrogen and oxygen atoms in total. The summed E-state index contributed by atoms with van der Waals surface area (Å²) < 4.78 is 10.0. The second kappa shape index (κ2) is 10.9. The summed E-state index contributed by atoms with van der Waals surface area (Å²) in [6.07, 6.45) is 3.53. The maximum atomic E-state index is 12.6. The Labute approximate surface area is 203 Å². The highest BCUT2D eigenvalue weighted by Gasteiger charge is 2.22. The largest absolute Gasteiger partial charge is 0.453 e. The third kappa shape index (κ3) is 7.46. The number of ether oxygens (including phenoxy) is 2. The molecule has 1 atom stereocenters. The highest BCUT2D eigenvalue weighted by Crippen LogP contribution is 2.32. The number of aromatic nitrogens is 1. The van der Waals surface area contributed by atoms with E-state index in [4.69, 9.17) is 4.74 Å². The average molecular weight is 483 g/mol. The van der Waals surface area contributed by atoms with Gasteiger partial charge >= 0.3 is 12.2 Å². The van der Waals surface area contributed by atoms with Crippen molar-refractivity contribution >= 4 is 29.5 Å². The molecule has 186 valence electrons. The number of fused-ring (bicyclic) bond motifs is 4. The number of carbonyl (C=O) groups is 3. The highest BCUT2D eigenvalue weighted by molar-refractivity contribution is 5.97. The third-order valence-corrected chi connectivity index (χ3v) is 5.04. The standard InChI is InChI=1S/C25H30N4O6/c1-25(2,3)35-24(33)29-18-8-6-5-7-9-21(30)27-19-14-16(26-23(32)34-4)10-11-17(19)15-12-20(18)28-22(31)13-15/h5-6,10-14,18H,7-9H2,1-4H3,(H,26,32)(H,27,30)(H,28,31)(H,29,33)/b6-5+/t18-/m0/s1. The van der Waals surface area contributed by atoms with E-state index < -0.39 is 23.8 Å². The summed E-state index contributed by atoms with van der Waals surface area (Å²) in [5.74, 6) is -0.223. The summed E-state index contributed by atoms with van der Waals surface area (Å²) in [7, 11) is 1.25. The smallest absolute Gasteiger partial charge is 0.411 e. The number of pyridine rings is 1. The number of anilines is 2. The zero-order chi connectivity index (χ0) is 25.6. The van der Waals surface area contributed by atoms with Crippen molar-refractivity contribution in [2.75, 3.05) is 17.7 Å². The Kier molecular flexibility index (Phi) is 7.95. The number of amides is 3.